The molecule has 6 heteroatoms. The van der Waals surface area contributed by atoms with Crippen LogP contribution in [0.2, 0.25) is 0 Å². The Labute approximate surface area is 156 Å². The van der Waals surface area contributed by atoms with Gasteiger partial charge in [-0.05, 0) is 49.2 Å². The molecular formula is C21H20FN3O2. The van der Waals surface area contributed by atoms with Crippen molar-refractivity contribution in [2.75, 3.05) is 6.54 Å². The molecule has 3 heterocycles. The van der Waals surface area contributed by atoms with E-state index in [9.17, 15) is 9.18 Å². The third-order valence-corrected chi connectivity index (χ3v) is 4.90. The molecule has 0 N–H and O–H groups in total. The quantitative estimate of drug-likeness (QED) is 0.679. The predicted molar refractivity (Wildman–Crippen MR) is 98.4 cm³/mol. The Morgan fingerprint density at radius 2 is 1.96 bits per heavy atom. The van der Waals surface area contributed by atoms with Crippen LogP contribution >= 0.6 is 0 Å². The number of hydrogen-bond donors (Lipinski definition) is 0. The van der Waals surface area contributed by atoms with E-state index in [2.05, 4.69) is 10.1 Å². The maximum absolute atomic E-state index is 13.1. The van der Waals surface area contributed by atoms with Gasteiger partial charge in [-0.1, -0.05) is 24.1 Å². The fourth-order valence-corrected chi connectivity index (χ4v) is 3.49. The van der Waals surface area contributed by atoms with Gasteiger partial charge in [-0.3, -0.25) is 9.78 Å². The number of benzene rings is 1. The fraction of sp³-hybridized carbons (Fsp3) is 0.286. The summed E-state index contributed by atoms with van der Waals surface area (Å²) >= 11 is 0. The normalized spacial score (nSPS) is 17.5. The topological polar surface area (TPSA) is 59.2 Å². The molecule has 1 amide bonds. The van der Waals surface area contributed by atoms with Gasteiger partial charge < -0.3 is 9.42 Å². The fourth-order valence-electron chi connectivity index (χ4n) is 3.49. The number of likely N-dealkylation sites (tertiary alicyclic amines) is 1. The number of aromatic nitrogens is 2. The average Bonchev–Trinajstić information content (AvgIpc) is 3.06. The SMILES string of the molecule is O=C(c1ccccn1)N1CCCCCC1c1cc(-c2ccc(F)cc2)on1. The molecule has 1 saturated heterocycles. The molecule has 1 aromatic carbocycles. The van der Waals surface area contributed by atoms with Crippen molar-refractivity contribution in [3.63, 3.8) is 0 Å². The Morgan fingerprint density at radius 3 is 2.74 bits per heavy atom. The molecule has 1 aliphatic rings. The first-order valence-corrected chi connectivity index (χ1v) is 9.17. The molecule has 0 saturated carbocycles. The Morgan fingerprint density at radius 1 is 1.11 bits per heavy atom. The minimum Gasteiger partial charge on any atom is -0.356 e. The van der Waals surface area contributed by atoms with E-state index in [4.69, 9.17) is 4.52 Å². The summed E-state index contributed by atoms with van der Waals surface area (Å²) in [5, 5.41) is 4.22. The lowest BCUT2D eigenvalue weighted by atomic mass is 10.0. The minimum atomic E-state index is -0.297. The zero-order chi connectivity index (χ0) is 18.6. The van der Waals surface area contributed by atoms with Gasteiger partial charge in [-0.2, -0.15) is 0 Å². The molecule has 0 radical (unpaired) electrons. The van der Waals surface area contributed by atoms with E-state index in [-0.39, 0.29) is 17.8 Å². The van der Waals surface area contributed by atoms with Crippen molar-refractivity contribution in [3.05, 3.63) is 71.9 Å². The Kier molecular flexibility index (Phi) is 4.96. The first-order chi connectivity index (χ1) is 13.2. The Balaban J connectivity index is 1.63. The summed E-state index contributed by atoms with van der Waals surface area (Å²) in [7, 11) is 0. The smallest absolute Gasteiger partial charge is 0.273 e. The molecule has 0 bridgehead atoms. The molecule has 138 valence electrons. The first kappa shape index (κ1) is 17.4. The monoisotopic (exact) mass is 365 g/mol. The van der Waals surface area contributed by atoms with Crippen molar-refractivity contribution in [1.82, 2.24) is 15.0 Å². The van der Waals surface area contributed by atoms with Crippen molar-refractivity contribution >= 4 is 5.91 Å². The van der Waals surface area contributed by atoms with Crippen LogP contribution in [0.3, 0.4) is 0 Å². The van der Waals surface area contributed by atoms with Gasteiger partial charge in [-0.25, -0.2) is 4.39 Å². The number of pyridine rings is 1. The summed E-state index contributed by atoms with van der Waals surface area (Å²) < 4.78 is 18.6. The lowest BCUT2D eigenvalue weighted by Crippen LogP contribution is -2.35. The summed E-state index contributed by atoms with van der Waals surface area (Å²) in [4.78, 5) is 19.1. The molecule has 0 spiro atoms. The largest absolute Gasteiger partial charge is 0.356 e. The highest BCUT2D eigenvalue weighted by atomic mass is 19.1. The number of rotatable bonds is 3. The van der Waals surface area contributed by atoms with Crippen LogP contribution in [0.4, 0.5) is 4.39 Å². The zero-order valence-electron chi connectivity index (χ0n) is 14.8. The number of halogens is 1. The van der Waals surface area contributed by atoms with Gasteiger partial charge in [-0.15, -0.1) is 0 Å². The molecule has 3 aromatic rings. The van der Waals surface area contributed by atoms with Gasteiger partial charge >= 0.3 is 0 Å². The maximum Gasteiger partial charge on any atom is 0.273 e. The van der Waals surface area contributed by atoms with Crippen LogP contribution in [0.1, 0.15) is 47.9 Å². The van der Waals surface area contributed by atoms with E-state index >= 15 is 0 Å². The maximum atomic E-state index is 13.1. The highest BCUT2D eigenvalue weighted by Crippen LogP contribution is 2.33. The summed E-state index contributed by atoms with van der Waals surface area (Å²) in [6.45, 7) is 0.665. The van der Waals surface area contributed by atoms with Crippen molar-refractivity contribution in [1.29, 1.82) is 0 Å². The molecule has 27 heavy (non-hydrogen) atoms. The first-order valence-electron chi connectivity index (χ1n) is 9.17. The van der Waals surface area contributed by atoms with Crippen LogP contribution in [0.5, 0.6) is 0 Å². The Bertz CT molecular complexity index is 909. The van der Waals surface area contributed by atoms with Crippen LogP contribution in [0.15, 0.2) is 59.3 Å². The second-order valence-corrected chi connectivity index (χ2v) is 6.70. The molecular weight excluding hydrogens is 345 g/mol. The summed E-state index contributed by atoms with van der Waals surface area (Å²) in [5.41, 5.74) is 1.92. The van der Waals surface area contributed by atoms with Gasteiger partial charge in [0, 0.05) is 24.4 Å². The molecule has 1 fully saturated rings. The van der Waals surface area contributed by atoms with E-state index in [1.165, 1.54) is 12.1 Å². The molecule has 4 rings (SSSR count). The second-order valence-electron chi connectivity index (χ2n) is 6.70. The summed E-state index contributed by atoms with van der Waals surface area (Å²) in [6.07, 6.45) is 5.51. The lowest BCUT2D eigenvalue weighted by Gasteiger charge is -2.28. The molecule has 1 unspecified atom stereocenters. The van der Waals surface area contributed by atoms with Gasteiger partial charge in [0.1, 0.15) is 17.2 Å². The van der Waals surface area contributed by atoms with Gasteiger partial charge in [0.05, 0.1) is 6.04 Å². The van der Waals surface area contributed by atoms with Crippen molar-refractivity contribution < 1.29 is 13.7 Å². The van der Waals surface area contributed by atoms with E-state index in [1.807, 2.05) is 17.0 Å². The van der Waals surface area contributed by atoms with E-state index < -0.39 is 0 Å². The van der Waals surface area contributed by atoms with Crippen molar-refractivity contribution in [2.45, 2.75) is 31.7 Å². The van der Waals surface area contributed by atoms with Gasteiger partial charge in [0.15, 0.2) is 5.76 Å². The summed E-state index contributed by atoms with van der Waals surface area (Å²) in [5.74, 6) is 0.183. The average molecular weight is 365 g/mol. The van der Waals surface area contributed by atoms with Gasteiger partial charge in [0.25, 0.3) is 5.91 Å². The number of amides is 1. The molecule has 2 aromatic heterocycles. The molecule has 0 aliphatic carbocycles. The van der Waals surface area contributed by atoms with E-state index in [0.29, 0.717) is 18.0 Å². The predicted octanol–water partition coefficient (Wildman–Crippen LogP) is 4.63. The molecule has 1 aliphatic heterocycles. The van der Waals surface area contributed by atoms with E-state index in [0.717, 1.165) is 36.9 Å². The van der Waals surface area contributed by atoms with Crippen LogP contribution in [0, 0.1) is 5.82 Å². The molecule has 1 atom stereocenters. The third kappa shape index (κ3) is 3.74. The van der Waals surface area contributed by atoms with Crippen LogP contribution in [-0.4, -0.2) is 27.5 Å². The Hall–Kier alpha value is -3.02. The number of carbonyl (C=O) groups excluding carboxylic acids is 1. The van der Waals surface area contributed by atoms with E-state index in [1.54, 1.807) is 30.5 Å². The van der Waals surface area contributed by atoms with Crippen LogP contribution < -0.4 is 0 Å². The number of nitrogens with zero attached hydrogens (tertiary/aromatic N) is 3. The summed E-state index contributed by atoms with van der Waals surface area (Å²) in [6, 6.07) is 13.1. The van der Waals surface area contributed by atoms with Crippen LogP contribution in [-0.2, 0) is 0 Å². The number of hydrogen-bond acceptors (Lipinski definition) is 4. The second kappa shape index (κ2) is 7.70. The number of carbonyl (C=O) groups is 1. The third-order valence-electron chi connectivity index (χ3n) is 4.90. The molecule has 5 nitrogen and oxygen atoms in total. The highest BCUT2D eigenvalue weighted by Gasteiger charge is 2.30. The van der Waals surface area contributed by atoms with Crippen molar-refractivity contribution in [2.24, 2.45) is 0 Å². The highest BCUT2D eigenvalue weighted by molar-refractivity contribution is 5.92. The zero-order valence-corrected chi connectivity index (χ0v) is 14.8. The van der Waals surface area contributed by atoms with Gasteiger partial charge in [0.2, 0.25) is 0 Å². The minimum absolute atomic E-state index is 0.0890. The van der Waals surface area contributed by atoms with Crippen LogP contribution in [0.25, 0.3) is 11.3 Å². The standard InChI is InChI=1S/C21H20FN3O2/c22-16-10-8-15(9-11-16)20-14-18(24-27-20)19-7-2-1-5-13-25(19)21(26)17-6-3-4-12-23-17/h3-4,6,8-12,14,19H,1-2,5,7,13H2. The van der Waals surface area contributed by atoms with Crippen molar-refractivity contribution in [3.8, 4) is 11.3 Å². The lowest BCUT2D eigenvalue weighted by molar-refractivity contribution is 0.0668.